The first-order chi connectivity index (χ1) is 10.9. The molecule has 23 heavy (non-hydrogen) atoms. The SMILES string of the molecule is CC(C)CN1C[C@H](C(=O)Nc2ccc3c(c2)COC3=O)CC1=O. The first-order valence-corrected chi connectivity index (χ1v) is 7.82. The van der Waals surface area contributed by atoms with Crippen LogP contribution in [0.15, 0.2) is 18.2 Å². The zero-order valence-electron chi connectivity index (χ0n) is 13.3. The van der Waals surface area contributed by atoms with Crippen molar-refractivity contribution in [1.29, 1.82) is 0 Å². The van der Waals surface area contributed by atoms with Gasteiger partial charge in [-0.3, -0.25) is 9.59 Å². The van der Waals surface area contributed by atoms with Crippen LogP contribution in [-0.2, 0) is 20.9 Å². The Morgan fingerprint density at radius 1 is 1.39 bits per heavy atom. The van der Waals surface area contributed by atoms with Crippen LogP contribution < -0.4 is 5.32 Å². The van der Waals surface area contributed by atoms with Crippen LogP contribution in [-0.4, -0.2) is 35.8 Å². The molecular weight excluding hydrogens is 296 g/mol. The van der Waals surface area contributed by atoms with Crippen LogP contribution in [0.2, 0.25) is 0 Å². The topological polar surface area (TPSA) is 75.7 Å². The summed E-state index contributed by atoms with van der Waals surface area (Å²) >= 11 is 0. The Labute approximate surface area is 134 Å². The molecule has 1 aromatic carbocycles. The number of ether oxygens (including phenoxy) is 1. The van der Waals surface area contributed by atoms with E-state index in [9.17, 15) is 14.4 Å². The normalized spacial score (nSPS) is 20.0. The Bertz CT molecular complexity index is 669. The average molecular weight is 316 g/mol. The largest absolute Gasteiger partial charge is 0.457 e. The number of nitrogens with one attached hydrogen (secondary N) is 1. The van der Waals surface area contributed by atoms with Crippen molar-refractivity contribution in [3.8, 4) is 0 Å². The number of likely N-dealkylation sites (tertiary alicyclic amines) is 1. The molecule has 1 aromatic rings. The van der Waals surface area contributed by atoms with Crippen molar-refractivity contribution < 1.29 is 19.1 Å². The number of carbonyl (C=O) groups is 3. The van der Waals surface area contributed by atoms with E-state index in [1.807, 2.05) is 0 Å². The van der Waals surface area contributed by atoms with Gasteiger partial charge in [0.1, 0.15) is 6.61 Å². The summed E-state index contributed by atoms with van der Waals surface area (Å²) in [4.78, 5) is 37.5. The molecule has 0 spiro atoms. The third kappa shape index (κ3) is 3.21. The second-order valence-electron chi connectivity index (χ2n) is 6.53. The molecule has 6 nitrogen and oxygen atoms in total. The van der Waals surface area contributed by atoms with Gasteiger partial charge in [0, 0.05) is 30.8 Å². The number of carbonyl (C=O) groups excluding carboxylic acids is 3. The Balaban J connectivity index is 1.64. The van der Waals surface area contributed by atoms with E-state index in [2.05, 4.69) is 19.2 Å². The highest BCUT2D eigenvalue weighted by Gasteiger charge is 2.34. The van der Waals surface area contributed by atoms with Crippen LogP contribution in [0.25, 0.3) is 0 Å². The first-order valence-electron chi connectivity index (χ1n) is 7.82. The molecule has 0 radical (unpaired) electrons. The zero-order chi connectivity index (χ0) is 16.6. The molecule has 2 amide bonds. The fourth-order valence-electron chi connectivity index (χ4n) is 3.02. The predicted molar refractivity (Wildman–Crippen MR) is 83.7 cm³/mol. The summed E-state index contributed by atoms with van der Waals surface area (Å²) in [7, 11) is 0. The van der Waals surface area contributed by atoms with Gasteiger partial charge in [-0.25, -0.2) is 4.79 Å². The standard InChI is InChI=1S/C17H20N2O4/c1-10(2)7-19-8-11(6-15(19)20)16(21)18-13-3-4-14-12(5-13)9-23-17(14)22/h3-5,10-11H,6-9H2,1-2H3,(H,18,21)/t11-/m1/s1. The number of esters is 1. The molecule has 0 bridgehead atoms. The summed E-state index contributed by atoms with van der Waals surface area (Å²) in [6, 6.07) is 5.10. The van der Waals surface area contributed by atoms with Gasteiger partial charge in [0.25, 0.3) is 0 Å². The third-order valence-corrected chi connectivity index (χ3v) is 4.12. The number of nitrogens with zero attached hydrogens (tertiary/aromatic N) is 1. The molecule has 1 N–H and O–H groups in total. The Morgan fingerprint density at radius 3 is 2.91 bits per heavy atom. The van der Waals surface area contributed by atoms with Gasteiger partial charge in [-0.05, 0) is 24.1 Å². The number of anilines is 1. The van der Waals surface area contributed by atoms with E-state index in [0.717, 1.165) is 5.56 Å². The number of hydrogen-bond acceptors (Lipinski definition) is 4. The fourth-order valence-corrected chi connectivity index (χ4v) is 3.02. The van der Waals surface area contributed by atoms with Crippen LogP contribution >= 0.6 is 0 Å². The Hall–Kier alpha value is -2.37. The van der Waals surface area contributed by atoms with E-state index in [-0.39, 0.29) is 36.7 Å². The highest BCUT2D eigenvalue weighted by atomic mass is 16.5. The molecule has 2 aliphatic rings. The van der Waals surface area contributed by atoms with E-state index in [1.54, 1.807) is 23.1 Å². The lowest BCUT2D eigenvalue weighted by Gasteiger charge is -2.18. The number of fused-ring (bicyclic) bond motifs is 1. The maximum Gasteiger partial charge on any atom is 0.338 e. The van der Waals surface area contributed by atoms with Crippen molar-refractivity contribution in [3.05, 3.63) is 29.3 Å². The summed E-state index contributed by atoms with van der Waals surface area (Å²) in [6.07, 6.45) is 0.255. The number of rotatable bonds is 4. The van der Waals surface area contributed by atoms with Gasteiger partial charge in [0.05, 0.1) is 11.5 Å². The van der Waals surface area contributed by atoms with E-state index in [4.69, 9.17) is 4.74 Å². The van der Waals surface area contributed by atoms with Crippen molar-refractivity contribution in [1.82, 2.24) is 4.90 Å². The lowest BCUT2D eigenvalue weighted by atomic mass is 10.1. The second kappa shape index (κ2) is 6.02. The molecule has 2 heterocycles. The summed E-state index contributed by atoms with van der Waals surface area (Å²) in [5, 5.41) is 2.84. The maximum atomic E-state index is 12.4. The summed E-state index contributed by atoms with van der Waals surface area (Å²) in [5.74, 6) is -0.396. The van der Waals surface area contributed by atoms with Crippen molar-refractivity contribution in [2.75, 3.05) is 18.4 Å². The lowest BCUT2D eigenvalue weighted by Crippen LogP contribution is -2.31. The number of hydrogen-bond donors (Lipinski definition) is 1. The van der Waals surface area contributed by atoms with Crippen LogP contribution in [0.4, 0.5) is 5.69 Å². The smallest absolute Gasteiger partial charge is 0.338 e. The van der Waals surface area contributed by atoms with Crippen LogP contribution in [0.5, 0.6) is 0 Å². The maximum absolute atomic E-state index is 12.4. The highest BCUT2D eigenvalue weighted by molar-refractivity contribution is 5.98. The molecule has 0 aromatic heterocycles. The zero-order valence-corrected chi connectivity index (χ0v) is 13.3. The molecule has 3 rings (SSSR count). The first kappa shape index (κ1) is 15.5. The number of amides is 2. The highest BCUT2D eigenvalue weighted by Crippen LogP contribution is 2.25. The molecule has 6 heteroatoms. The van der Waals surface area contributed by atoms with Gasteiger partial charge in [0.2, 0.25) is 11.8 Å². The molecular formula is C17H20N2O4. The van der Waals surface area contributed by atoms with E-state index in [0.29, 0.717) is 30.3 Å². The quantitative estimate of drug-likeness (QED) is 0.860. The molecule has 122 valence electrons. The van der Waals surface area contributed by atoms with Crippen molar-refractivity contribution in [2.24, 2.45) is 11.8 Å². The lowest BCUT2D eigenvalue weighted by molar-refractivity contribution is -0.128. The Morgan fingerprint density at radius 2 is 2.17 bits per heavy atom. The van der Waals surface area contributed by atoms with Gasteiger partial charge >= 0.3 is 5.97 Å². The Kier molecular flexibility index (Phi) is 4.07. The molecule has 0 saturated carbocycles. The van der Waals surface area contributed by atoms with Crippen LogP contribution in [0, 0.1) is 11.8 Å². The second-order valence-corrected chi connectivity index (χ2v) is 6.53. The molecule has 1 atom stereocenters. The molecule has 1 fully saturated rings. The minimum Gasteiger partial charge on any atom is -0.457 e. The van der Waals surface area contributed by atoms with E-state index < -0.39 is 0 Å². The molecule has 0 aliphatic carbocycles. The fraction of sp³-hybridized carbons (Fsp3) is 0.471. The molecule has 0 unspecified atom stereocenters. The average Bonchev–Trinajstić information content (AvgIpc) is 3.03. The monoisotopic (exact) mass is 316 g/mol. The summed E-state index contributed by atoms with van der Waals surface area (Å²) < 4.78 is 4.95. The van der Waals surface area contributed by atoms with Crippen molar-refractivity contribution >= 4 is 23.5 Å². The molecule has 1 saturated heterocycles. The van der Waals surface area contributed by atoms with Gasteiger partial charge < -0.3 is 15.0 Å². The van der Waals surface area contributed by atoms with Gasteiger partial charge in [0.15, 0.2) is 0 Å². The molecule has 2 aliphatic heterocycles. The number of cyclic esters (lactones) is 1. The van der Waals surface area contributed by atoms with Gasteiger partial charge in [-0.2, -0.15) is 0 Å². The van der Waals surface area contributed by atoms with Crippen molar-refractivity contribution in [2.45, 2.75) is 26.9 Å². The number of benzene rings is 1. The van der Waals surface area contributed by atoms with Gasteiger partial charge in [-0.1, -0.05) is 13.8 Å². The summed E-state index contributed by atoms with van der Waals surface area (Å²) in [5.41, 5.74) is 1.95. The van der Waals surface area contributed by atoms with Gasteiger partial charge in [-0.15, -0.1) is 0 Å². The van der Waals surface area contributed by atoms with E-state index in [1.165, 1.54) is 0 Å². The van der Waals surface area contributed by atoms with E-state index >= 15 is 0 Å². The minimum atomic E-state index is -0.330. The summed E-state index contributed by atoms with van der Waals surface area (Å²) in [6.45, 7) is 5.49. The van der Waals surface area contributed by atoms with Crippen molar-refractivity contribution in [3.63, 3.8) is 0 Å². The van der Waals surface area contributed by atoms with Crippen LogP contribution in [0.1, 0.15) is 36.2 Å². The third-order valence-electron chi connectivity index (χ3n) is 4.12. The van der Waals surface area contributed by atoms with Crippen LogP contribution in [0.3, 0.4) is 0 Å². The predicted octanol–water partition coefficient (Wildman–Crippen LogP) is 1.80. The minimum absolute atomic E-state index is 0.0341.